The summed E-state index contributed by atoms with van der Waals surface area (Å²) in [5.41, 5.74) is 2.26. The van der Waals surface area contributed by atoms with E-state index < -0.39 is 0 Å². The number of rotatable bonds is 4. The molecule has 0 aliphatic carbocycles. The molecule has 0 saturated carbocycles. The standard InChI is InChI=1S/C16H14ClN5OS/c1-9-4-3-5-11(17)13(9)21-15(23)12-8-20-16(24-12)22-14-10(2)18-6-7-19-14/h3-8H,1-2H3,(H,21,23)(H,19,20,22). The van der Waals surface area contributed by atoms with Crippen LogP contribution in [0.5, 0.6) is 0 Å². The van der Waals surface area contributed by atoms with Crippen LogP contribution in [0.3, 0.4) is 0 Å². The number of carbonyl (C=O) groups is 1. The lowest BCUT2D eigenvalue weighted by molar-refractivity contribution is 0.103. The Bertz CT molecular complexity index is 875. The van der Waals surface area contributed by atoms with Gasteiger partial charge in [-0.25, -0.2) is 9.97 Å². The summed E-state index contributed by atoms with van der Waals surface area (Å²) >= 11 is 7.37. The van der Waals surface area contributed by atoms with E-state index in [1.165, 1.54) is 17.5 Å². The third-order valence-corrected chi connectivity index (χ3v) is 4.52. The van der Waals surface area contributed by atoms with Gasteiger partial charge < -0.3 is 10.6 Å². The Morgan fingerprint density at radius 1 is 1.17 bits per heavy atom. The molecular weight excluding hydrogens is 346 g/mol. The fourth-order valence-electron chi connectivity index (χ4n) is 2.03. The molecule has 0 unspecified atom stereocenters. The van der Waals surface area contributed by atoms with Gasteiger partial charge in [0.2, 0.25) is 0 Å². The number of aryl methyl sites for hydroxylation is 2. The molecule has 0 radical (unpaired) electrons. The van der Waals surface area contributed by atoms with Crippen molar-refractivity contribution in [2.24, 2.45) is 0 Å². The van der Waals surface area contributed by atoms with Gasteiger partial charge in [0.15, 0.2) is 10.9 Å². The van der Waals surface area contributed by atoms with Crippen LogP contribution in [0.25, 0.3) is 0 Å². The molecule has 0 fully saturated rings. The first-order valence-electron chi connectivity index (χ1n) is 7.11. The van der Waals surface area contributed by atoms with Crippen LogP contribution in [0.15, 0.2) is 36.8 Å². The normalized spacial score (nSPS) is 10.5. The molecule has 24 heavy (non-hydrogen) atoms. The summed E-state index contributed by atoms with van der Waals surface area (Å²) in [5, 5.41) is 6.96. The second kappa shape index (κ2) is 6.94. The van der Waals surface area contributed by atoms with Crippen LogP contribution in [-0.2, 0) is 0 Å². The Balaban J connectivity index is 1.76. The fraction of sp³-hybridized carbons (Fsp3) is 0.125. The number of hydrogen-bond donors (Lipinski definition) is 2. The zero-order valence-electron chi connectivity index (χ0n) is 13.0. The highest BCUT2D eigenvalue weighted by molar-refractivity contribution is 7.17. The van der Waals surface area contributed by atoms with Crippen LogP contribution >= 0.6 is 22.9 Å². The maximum Gasteiger partial charge on any atom is 0.267 e. The summed E-state index contributed by atoms with van der Waals surface area (Å²) in [6.07, 6.45) is 4.73. The van der Waals surface area contributed by atoms with E-state index in [-0.39, 0.29) is 5.91 Å². The zero-order chi connectivity index (χ0) is 17.1. The minimum absolute atomic E-state index is 0.257. The molecule has 0 saturated heterocycles. The van der Waals surface area contributed by atoms with Crippen LogP contribution in [-0.4, -0.2) is 20.9 Å². The van der Waals surface area contributed by atoms with Gasteiger partial charge in [-0.15, -0.1) is 0 Å². The van der Waals surface area contributed by atoms with Crippen molar-refractivity contribution < 1.29 is 4.79 Å². The average molecular weight is 360 g/mol. The number of nitrogens with one attached hydrogen (secondary N) is 2. The Hall–Kier alpha value is -2.51. The lowest BCUT2D eigenvalue weighted by Crippen LogP contribution is -2.11. The molecule has 2 heterocycles. The van der Waals surface area contributed by atoms with Gasteiger partial charge in [-0.3, -0.25) is 9.78 Å². The molecule has 0 aliphatic heterocycles. The summed E-state index contributed by atoms with van der Waals surface area (Å²) < 4.78 is 0. The van der Waals surface area contributed by atoms with E-state index in [9.17, 15) is 4.79 Å². The third-order valence-electron chi connectivity index (χ3n) is 3.30. The number of thiazole rings is 1. The van der Waals surface area contributed by atoms with E-state index in [0.717, 1.165) is 11.3 Å². The van der Waals surface area contributed by atoms with E-state index in [0.29, 0.717) is 26.5 Å². The first-order valence-corrected chi connectivity index (χ1v) is 8.31. The number of benzene rings is 1. The minimum Gasteiger partial charge on any atom is -0.320 e. The molecule has 8 heteroatoms. The number of para-hydroxylation sites is 1. The van der Waals surface area contributed by atoms with Crippen molar-refractivity contribution in [1.82, 2.24) is 15.0 Å². The van der Waals surface area contributed by atoms with Gasteiger partial charge in [0.1, 0.15) is 4.88 Å². The van der Waals surface area contributed by atoms with Crippen LogP contribution in [0.4, 0.5) is 16.6 Å². The van der Waals surface area contributed by atoms with Crippen LogP contribution in [0, 0.1) is 13.8 Å². The average Bonchev–Trinajstić information content (AvgIpc) is 3.02. The number of nitrogens with zero attached hydrogens (tertiary/aromatic N) is 3. The third kappa shape index (κ3) is 3.52. The summed E-state index contributed by atoms with van der Waals surface area (Å²) in [7, 11) is 0. The topological polar surface area (TPSA) is 79.8 Å². The van der Waals surface area contributed by atoms with Crippen molar-refractivity contribution in [2.45, 2.75) is 13.8 Å². The highest BCUT2D eigenvalue weighted by atomic mass is 35.5. The molecular formula is C16H14ClN5OS. The van der Waals surface area contributed by atoms with Crippen molar-refractivity contribution >= 4 is 45.5 Å². The molecule has 0 atom stereocenters. The number of hydrogen-bond acceptors (Lipinski definition) is 6. The lowest BCUT2D eigenvalue weighted by Gasteiger charge is -2.08. The maximum atomic E-state index is 12.4. The first kappa shape index (κ1) is 16.4. The Labute approximate surface area is 148 Å². The van der Waals surface area contributed by atoms with Gasteiger partial charge in [-0.2, -0.15) is 0 Å². The fourth-order valence-corrected chi connectivity index (χ4v) is 3.01. The molecule has 2 N–H and O–H groups in total. The van der Waals surface area contributed by atoms with Gasteiger partial charge in [-0.05, 0) is 25.5 Å². The van der Waals surface area contributed by atoms with E-state index in [1.807, 2.05) is 26.0 Å². The van der Waals surface area contributed by atoms with Gasteiger partial charge in [-0.1, -0.05) is 35.1 Å². The molecule has 6 nitrogen and oxygen atoms in total. The van der Waals surface area contributed by atoms with Crippen LogP contribution in [0.2, 0.25) is 5.02 Å². The van der Waals surface area contributed by atoms with Gasteiger partial charge in [0, 0.05) is 12.4 Å². The smallest absolute Gasteiger partial charge is 0.267 e. The lowest BCUT2D eigenvalue weighted by atomic mass is 10.2. The summed E-state index contributed by atoms with van der Waals surface area (Å²) in [5.74, 6) is 0.355. The van der Waals surface area contributed by atoms with Crippen molar-refractivity contribution in [2.75, 3.05) is 10.6 Å². The molecule has 2 aromatic heterocycles. The van der Waals surface area contributed by atoms with Gasteiger partial charge in [0.25, 0.3) is 5.91 Å². The van der Waals surface area contributed by atoms with Crippen LogP contribution in [0.1, 0.15) is 20.9 Å². The second-order valence-electron chi connectivity index (χ2n) is 5.03. The van der Waals surface area contributed by atoms with E-state index >= 15 is 0 Å². The Kier molecular flexibility index (Phi) is 4.73. The Morgan fingerprint density at radius 2 is 1.96 bits per heavy atom. The molecule has 122 valence electrons. The predicted octanol–water partition coefficient (Wildman–Crippen LogP) is 4.20. The van der Waals surface area contributed by atoms with Crippen LogP contribution < -0.4 is 10.6 Å². The monoisotopic (exact) mass is 359 g/mol. The quantitative estimate of drug-likeness (QED) is 0.729. The van der Waals surface area contributed by atoms with Crippen molar-refractivity contribution in [3.8, 4) is 0 Å². The van der Waals surface area contributed by atoms with Crippen molar-refractivity contribution in [1.29, 1.82) is 0 Å². The molecule has 0 bridgehead atoms. The highest BCUT2D eigenvalue weighted by Gasteiger charge is 2.14. The number of amides is 1. The first-order chi connectivity index (χ1) is 11.5. The van der Waals surface area contributed by atoms with E-state index in [2.05, 4.69) is 25.6 Å². The summed E-state index contributed by atoms with van der Waals surface area (Å²) in [6.45, 7) is 3.73. The summed E-state index contributed by atoms with van der Waals surface area (Å²) in [4.78, 5) is 25.4. The number of halogens is 1. The zero-order valence-corrected chi connectivity index (χ0v) is 14.6. The largest absolute Gasteiger partial charge is 0.320 e. The predicted molar refractivity (Wildman–Crippen MR) is 96.3 cm³/mol. The number of anilines is 3. The highest BCUT2D eigenvalue weighted by Crippen LogP contribution is 2.27. The minimum atomic E-state index is -0.257. The maximum absolute atomic E-state index is 12.4. The van der Waals surface area contributed by atoms with Crippen molar-refractivity contribution in [3.05, 3.63) is 57.9 Å². The Morgan fingerprint density at radius 3 is 2.71 bits per heavy atom. The molecule has 0 aliphatic rings. The number of carbonyl (C=O) groups excluding carboxylic acids is 1. The van der Waals surface area contributed by atoms with Gasteiger partial charge in [0.05, 0.1) is 22.6 Å². The SMILES string of the molecule is Cc1cccc(Cl)c1NC(=O)c1cnc(Nc2nccnc2C)s1. The molecule has 1 aromatic carbocycles. The number of aromatic nitrogens is 3. The molecule has 3 aromatic rings. The van der Waals surface area contributed by atoms with E-state index in [1.54, 1.807) is 18.5 Å². The van der Waals surface area contributed by atoms with E-state index in [4.69, 9.17) is 11.6 Å². The van der Waals surface area contributed by atoms with Gasteiger partial charge >= 0.3 is 0 Å². The molecule has 3 rings (SSSR count). The molecule has 0 spiro atoms. The van der Waals surface area contributed by atoms with Crippen molar-refractivity contribution in [3.63, 3.8) is 0 Å². The molecule has 1 amide bonds. The second-order valence-corrected chi connectivity index (χ2v) is 6.47. The summed E-state index contributed by atoms with van der Waals surface area (Å²) in [6, 6.07) is 5.46.